The molecule has 4 heteroatoms. The average Bonchev–Trinajstić information content (AvgIpc) is 2.94. The van der Waals surface area contributed by atoms with Crippen LogP contribution in [0.25, 0.3) is 11.4 Å². The smallest absolute Gasteiger partial charge is 0.315 e. The van der Waals surface area contributed by atoms with Gasteiger partial charge in [0.25, 0.3) is 0 Å². The van der Waals surface area contributed by atoms with Gasteiger partial charge in [0.15, 0.2) is 5.97 Å². The molecule has 98 valence electrons. The number of hydrogen-bond acceptors (Lipinski definition) is 2. The van der Waals surface area contributed by atoms with Crippen LogP contribution in [-0.2, 0) is 0 Å². The van der Waals surface area contributed by atoms with E-state index in [1.807, 2.05) is 60.7 Å². The Kier molecular flexibility index (Phi) is 3.05. The quantitative estimate of drug-likeness (QED) is 0.665. The molecule has 3 rings (SSSR count). The molecule has 3 aromatic rings. The highest BCUT2D eigenvalue weighted by atomic mass is 16.4. The number of carboxylic acid groups (broad SMARTS) is 1. The van der Waals surface area contributed by atoms with E-state index >= 15 is 0 Å². The largest absolute Gasteiger partial charge is 0.538 e. The molecule has 0 saturated carbocycles. The SMILES string of the molecule is O=C([O-])c1n(-c2ccccc2)cc[n+]1-c1ccccc1. The summed E-state index contributed by atoms with van der Waals surface area (Å²) in [4.78, 5) is 11.5. The molecule has 20 heavy (non-hydrogen) atoms. The highest BCUT2D eigenvalue weighted by Crippen LogP contribution is 2.10. The summed E-state index contributed by atoms with van der Waals surface area (Å²) in [6.45, 7) is 0. The lowest BCUT2D eigenvalue weighted by Gasteiger charge is -2.05. The molecule has 1 aromatic heterocycles. The molecule has 4 nitrogen and oxygen atoms in total. The van der Waals surface area contributed by atoms with Gasteiger partial charge < -0.3 is 9.90 Å². The van der Waals surface area contributed by atoms with Crippen molar-refractivity contribution in [2.75, 3.05) is 0 Å². The Bertz CT molecular complexity index is 677. The minimum Gasteiger partial charge on any atom is -0.538 e. The molecule has 0 saturated heterocycles. The number of imidazole rings is 1. The molecule has 0 amide bonds. The van der Waals surface area contributed by atoms with Crippen LogP contribution in [-0.4, -0.2) is 10.5 Å². The number of hydrogen-bond donors (Lipinski definition) is 0. The van der Waals surface area contributed by atoms with Crippen molar-refractivity contribution in [1.29, 1.82) is 0 Å². The lowest BCUT2D eigenvalue weighted by atomic mass is 10.3. The third-order valence-corrected chi connectivity index (χ3v) is 3.07. The number of nitrogens with zero attached hydrogens (tertiary/aromatic N) is 2. The summed E-state index contributed by atoms with van der Waals surface area (Å²) in [5.74, 6) is -1.13. The van der Waals surface area contributed by atoms with Crippen LogP contribution in [0.1, 0.15) is 10.6 Å². The van der Waals surface area contributed by atoms with E-state index in [1.54, 1.807) is 21.5 Å². The summed E-state index contributed by atoms with van der Waals surface area (Å²) < 4.78 is 3.20. The number of carbonyl (C=O) groups excluding carboxylic acids is 1. The van der Waals surface area contributed by atoms with Crippen LogP contribution in [0.2, 0.25) is 0 Å². The first-order chi connectivity index (χ1) is 9.77. The second-order valence-corrected chi connectivity index (χ2v) is 4.32. The van der Waals surface area contributed by atoms with E-state index in [1.165, 1.54) is 0 Å². The molecular formula is C16H12N2O2. The van der Waals surface area contributed by atoms with Crippen molar-refractivity contribution in [3.8, 4) is 11.4 Å². The lowest BCUT2D eigenvalue weighted by molar-refractivity contribution is -0.600. The third kappa shape index (κ3) is 2.07. The number of carbonyl (C=O) groups is 1. The predicted octanol–water partition coefficient (Wildman–Crippen LogP) is 1.12. The highest BCUT2D eigenvalue weighted by Gasteiger charge is 2.21. The number of para-hydroxylation sites is 2. The third-order valence-electron chi connectivity index (χ3n) is 3.07. The lowest BCUT2D eigenvalue weighted by Crippen LogP contribution is -2.42. The first kappa shape index (κ1) is 12.2. The van der Waals surface area contributed by atoms with E-state index in [0.29, 0.717) is 0 Å². The van der Waals surface area contributed by atoms with E-state index < -0.39 is 5.97 Å². The van der Waals surface area contributed by atoms with Crippen molar-refractivity contribution in [1.82, 2.24) is 4.57 Å². The van der Waals surface area contributed by atoms with Gasteiger partial charge in [-0.3, -0.25) is 0 Å². The minimum absolute atomic E-state index is 0.0856. The maximum absolute atomic E-state index is 11.5. The molecule has 0 aliphatic carbocycles. The number of aromatic nitrogens is 2. The summed E-state index contributed by atoms with van der Waals surface area (Å²) in [6.07, 6.45) is 3.43. The summed E-state index contributed by atoms with van der Waals surface area (Å²) in [5.41, 5.74) is 1.56. The first-order valence-corrected chi connectivity index (χ1v) is 6.22. The van der Waals surface area contributed by atoms with Gasteiger partial charge >= 0.3 is 5.82 Å². The zero-order chi connectivity index (χ0) is 13.9. The second-order valence-electron chi connectivity index (χ2n) is 4.32. The number of carboxylic acids is 1. The molecule has 2 aromatic carbocycles. The van der Waals surface area contributed by atoms with Crippen LogP contribution in [0.5, 0.6) is 0 Å². The van der Waals surface area contributed by atoms with E-state index in [-0.39, 0.29) is 5.82 Å². The average molecular weight is 264 g/mol. The fourth-order valence-corrected chi connectivity index (χ4v) is 2.18. The van der Waals surface area contributed by atoms with Gasteiger partial charge in [-0.05, 0) is 24.3 Å². The maximum atomic E-state index is 11.5. The zero-order valence-corrected chi connectivity index (χ0v) is 10.6. The van der Waals surface area contributed by atoms with Gasteiger partial charge in [0.2, 0.25) is 0 Å². The van der Waals surface area contributed by atoms with Crippen LogP contribution >= 0.6 is 0 Å². The number of benzene rings is 2. The Labute approximate surface area is 116 Å². The first-order valence-electron chi connectivity index (χ1n) is 6.22. The van der Waals surface area contributed by atoms with Crippen molar-refractivity contribution in [3.63, 3.8) is 0 Å². The summed E-state index contributed by atoms with van der Waals surface area (Å²) in [7, 11) is 0. The van der Waals surface area contributed by atoms with Gasteiger partial charge in [-0.1, -0.05) is 36.4 Å². The van der Waals surface area contributed by atoms with Crippen molar-refractivity contribution >= 4 is 5.97 Å². The molecule has 0 fully saturated rings. The van der Waals surface area contributed by atoms with Crippen LogP contribution in [0.15, 0.2) is 73.1 Å². The van der Waals surface area contributed by atoms with Crippen LogP contribution in [0, 0.1) is 0 Å². The molecule has 0 N–H and O–H groups in total. The van der Waals surface area contributed by atoms with Gasteiger partial charge in [-0.15, -0.1) is 0 Å². The molecular weight excluding hydrogens is 252 g/mol. The Hall–Kier alpha value is -2.88. The van der Waals surface area contributed by atoms with Gasteiger partial charge in [-0.25, -0.2) is 0 Å². The van der Waals surface area contributed by atoms with Gasteiger partial charge in [-0.2, -0.15) is 9.13 Å². The van der Waals surface area contributed by atoms with E-state index in [9.17, 15) is 9.90 Å². The topological polar surface area (TPSA) is 48.9 Å². The molecule has 0 spiro atoms. The minimum atomic E-state index is -1.22. The standard InChI is InChI=1S/C16H12N2O2/c19-16(20)15-17(13-7-3-1-4-8-13)11-12-18(15)14-9-5-2-6-10-14/h1-12H. The van der Waals surface area contributed by atoms with E-state index in [2.05, 4.69) is 0 Å². The monoisotopic (exact) mass is 264 g/mol. The summed E-state index contributed by atoms with van der Waals surface area (Å²) in [5, 5.41) is 11.5. The molecule has 0 unspecified atom stereocenters. The van der Waals surface area contributed by atoms with Gasteiger partial charge in [0, 0.05) is 0 Å². The van der Waals surface area contributed by atoms with Crippen molar-refractivity contribution in [3.05, 3.63) is 78.9 Å². The van der Waals surface area contributed by atoms with E-state index in [4.69, 9.17) is 0 Å². The Morgan fingerprint density at radius 1 is 0.950 bits per heavy atom. The van der Waals surface area contributed by atoms with Crippen LogP contribution in [0.4, 0.5) is 0 Å². The molecule has 1 heterocycles. The fourth-order valence-electron chi connectivity index (χ4n) is 2.18. The Balaban J connectivity index is 2.20. The summed E-state index contributed by atoms with van der Waals surface area (Å²) >= 11 is 0. The summed E-state index contributed by atoms with van der Waals surface area (Å²) in [6, 6.07) is 18.6. The van der Waals surface area contributed by atoms with Crippen LogP contribution in [0.3, 0.4) is 0 Å². The fraction of sp³-hybridized carbons (Fsp3) is 0. The molecule has 0 atom stereocenters. The van der Waals surface area contributed by atoms with Crippen LogP contribution < -0.4 is 9.67 Å². The van der Waals surface area contributed by atoms with Gasteiger partial charge in [0.05, 0.1) is 0 Å². The number of aromatic carboxylic acids is 1. The normalized spacial score (nSPS) is 10.4. The molecule has 0 bridgehead atoms. The zero-order valence-electron chi connectivity index (χ0n) is 10.6. The number of rotatable bonds is 3. The van der Waals surface area contributed by atoms with Crippen molar-refractivity contribution in [2.45, 2.75) is 0 Å². The molecule has 0 aliphatic rings. The Morgan fingerprint density at radius 2 is 1.55 bits per heavy atom. The van der Waals surface area contributed by atoms with Crippen molar-refractivity contribution in [2.24, 2.45) is 0 Å². The predicted molar refractivity (Wildman–Crippen MR) is 71.6 cm³/mol. The van der Waals surface area contributed by atoms with Gasteiger partial charge in [0.1, 0.15) is 23.8 Å². The van der Waals surface area contributed by atoms with Crippen molar-refractivity contribution < 1.29 is 14.5 Å². The highest BCUT2D eigenvalue weighted by molar-refractivity contribution is 5.81. The van der Waals surface area contributed by atoms with E-state index in [0.717, 1.165) is 11.4 Å². The Morgan fingerprint density at radius 3 is 2.15 bits per heavy atom. The molecule has 0 aliphatic heterocycles. The molecule has 0 radical (unpaired) electrons. The second kappa shape index (κ2) is 5.01. The maximum Gasteiger partial charge on any atom is 0.315 e.